The molecule has 1 rings (SSSR count). The van der Waals surface area contributed by atoms with E-state index in [-0.39, 0.29) is 11.1 Å². The molecule has 0 aliphatic carbocycles. The third-order valence-electron chi connectivity index (χ3n) is 5.44. The van der Waals surface area contributed by atoms with Gasteiger partial charge < -0.3 is 9.53 Å². The molecule has 0 heterocycles. The van der Waals surface area contributed by atoms with Crippen LogP contribution in [0, 0.1) is 5.92 Å². The second kappa shape index (κ2) is 10.4. The maximum absolute atomic E-state index is 10.3. The van der Waals surface area contributed by atoms with Crippen molar-refractivity contribution in [2.45, 2.75) is 84.5 Å². The summed E-state index contributed by atoms with van der Waals surface area (Å²) in [7, 11) is -1.71. The Morgan fingerprint density at radius 2 is 1.77 bits per heavy atom. The SMILES string of the molecule is CCC[C@@H](O)C/C(=C\c1ccccc1)C[C@@H](C)CO[Si](C)(C)C(C)(C)C. The van der Waals surface area contributed by atoms with Crippen LogP contribution in [0.4, 0.5) is 0 Å². The number of benzene rings is 1. The van der Waals surface area contributed by atoms with E-state index >= 15 is 0 Å². The van der Waals surface area contributed by atoms with Gasteiger partial charge in [0.1, 0.15) is 0 Å². The van der Waals surface area contributed by atoms with Crippen molar-refractivity contribution in [3.63, 3.8) is 0 Å². The smallest absolute Gasteiger partial charge is 0.191 e. The lowest BCUT2D eigenvalue weighted by atomic mass is 9.94. The first-order chi connectivity index (χ1) is 12.0. The molecule has 0 unspecified atom stereocenters. The maximum atomic E-state index is 10.3. The predicted octanol–water partition coefficient (Wildman–Crippen LogP) is 6.67. The summed E-state index contributed by atoms with van der Waals surface area (Å²) in [6.45, 7) is 16.7. The van der Waals surface area contributed by atoms with E-state index in [1.165, 1.54) is 11.1 Å². The molecule has 0 radical (unpaired) electrons. The second-order valence-corrected chi connectivity index (χ2v) is 14.0. The van der Waals surface area contributed by atoms with E-state index < -0.39 is 8.32 Å². The summed E-state index contributed by atoms with van der Waals surface area (Å²) in [5, 5.41) is 10.6. The zero-order valence-electron chi connectivity index (χ0n) is 18.0. The highest BCUT2D eigenvalue weighted by Gasteiger charge is 2.37. The Labute approximate surface area is 162 Å². The fraction of sp³-hybridized carbons (Fsp3) is 0.652. The third kappa shape index (κ3) is 8.19. The largest absolute Gasteiger partial charge is 0.417 e. The van der Waals surface area contributed by atoms with Crippen molar-refractivity contribution >= 4 is 14.4 Å². The standard InChI is InChI=1S/C23H40O2Si/c1-8-12-22(24)17-21(16-20-13-10-9-11-14-20)15-19(2)18-25-26(6,7)23(3,4)5/h9-11,13-14,16,19,22,24H,8,12,15,17-18H2,1-7H3/b21-16-/t19-,22-/m1/s1. The van der Waals surface area contributed by atoms with E-state index in [0.29, 0.717) is 5.92 Å². The summed E-state index contributed by atoms with van der Waals surface area (Å²) in [5.74, 6) is 0.452. The number of aliphatic hydroxyl groups excluding tert-OH is 1. The van der Waals surface area contributed by atoms with Crippen molar-refractivity contribution in [1.29, 1.82) is 0 Å². The van der Waals surface area contributed by atoms with Gasteiger partial charge in [0.25, 0.3) is 0 Å². The van der Waals surface area contributed by atoms with Crippen LogP contribution in [-0.2, 0) is 4.43 Å². The molecule has 1 N–H and O–H groups in total. The second-order valence-electron chi connectivity index (χ2n) is 9.24. The molecule has 26 heavy (non-hydrogen) atoms. The van der Waals surface area contributed by atoms with Gasteiger partial charge in [0, 0.05) is 6.61 Å². The van der Waals surface area contributed by atoms with Gasteiger partial charge in [0.2, 0.25) is 0 Å². The van der Waals surface area contributed by atoms with Crippen molar-refractivity contribution < 1.29 is 9.53 Å². The molecular weight excluding hydrogens is 336 g/mol. The van der Waals surface area contributed by atoms with Crippen LogP contribution in [0.2, 0.25) is 18.1 Å². The molecular formula is C23H40O2Si. The van der Waals surface area contributed by atoms with Gasteiger partial charge in [0.15, 0.2) is 8.32 Å². The molecule has 0 aliphatic rings. The van der Waals surface area contributed by atoms with Gasteiger partial charge in [0.05, 0.1) is 6.10 Å². The Morgan fingerprint density at radius 3 is 2.31 bits per heavy atom. The zero-order chi connectivity index (χ0) is 19.8. The lowest BCUT2D eigenvalue weighted by Crippen LogP contribution is -2.41. The van der Waals surface area contributed by atoms with Crippen molar-refractivity contribution in [3.05, 3.63) is 41.5 Å². The van der Waals surface area contributed by atoms with E-state index in [9.17, 15) is 5.11 Å². The Kier molecular flexibility index (Phi) is 9.29. The van der Waals surface area contributed by atoms with Gasteiger partial charge in [-0.25, -0.2) is 0 Å². The first-order valence-electron chi connectivity index (χ1n) is 10.1. The highest BCUT2D eigenvalue weighted by Crippen LogP contribution is 2.37. The van der Waals surface area contributed by atoms with E-state index in [4.69, 9.17) is 4.43 Å². The number of hydrogen-bond acceptors (Lipinski definition) is 2. The van der Waals surface area contributed by atoms with Crippen LogP contribution in [0.5, 0.6) is 0 Å². The van der Waals surface area contributed by atoms with Gasteiger partial charge in [-0.05, 0) is 48.9 Å². The summed E-state index contributed by atoms with van der Waals surface area (Å²) >= 11 is 0. The fourth-order valence-electron chi connectivity index (χ4n) is 2.80. The quantitative estimate of drug-likeness (QED) is 0.462. The highest BCUT2D eigenvalue weighted by molar-refractivity contribution is 6.74. The zero-order valence-corrected chi connectivity index (χ0v) is 19.0. The van der Waals surface area contributed by atoms with Crippen LogP contribution in [0.25, 0.3) is 6.08 Å². The Bertz CT molecular complexity index is 543. The number of aliphatic hydroxyl groups is 1. The van der Waals surface area contributed by atoms with Crippen molar-refractivity contribution in [3.8, 4) is 0 Å². The lowest BCUT2D eigenvalue weighted by molar-refractivity contribution is 0.160. The van der Waals surface area contributed by atoms with Crippen molar-refractivity contribution in [2.75, 3.05) is 6.61 Å². The molecule has 0 aromatic heterocycles. The number of hydrogen-bond donors (Lipinski definition) is 1. The summed E-state index contributed by atoms with van der Waals surface area (Å²) in [6, 6.07) is 10.4. The molecule has 2 nitrogen and oxygen atoms in total. The molecule has 0 aliphatic heterocycles. The van der Waals surface area contributed by atoms with E-state index in [1.807, 2.05) is 6.07 Å². The molecule has 0 amide bonds. The molecule has 1 aromatic carbocycles. The summed E-state index contributed by atoms with van der Waals surface area (Å²) in [6.07, 6.45) is 5.62. The molecule has 3 heteroatoms. The van der Waals surface area contributed by atoms with Crippen LogP contribution in [0.3, 0.4) is 0 Å². The molecule has 1 aromatic rings. The lowest BCUT2D eigenvalue weighted by Gasteiger charge is -2.37. The molecule has 0 spiro atoms. The van der Waals surface area contributed by atoms with Crippen molar-refractivity contribution in [2.24, 2.45) is 5.92 Å². The molecule has 0 saturated heterocycles. The van der Waals surface area contributed by atoms with E-state index in [0.717, 1.165) is 32.3 Å². The fourth-order valence-corrected chi connectivity index (χ4v) is 3.93. The molecule has 148 valence electrons. The maximum Gasteiger partial charge on any atom is 0.191 e. The summed E-state index contributed by atoms with van der Waals surface area (Å²) < 4.78 is 6.41. The number of rotatable bonds is 10. The highest BCUT2D eigenvalue weighted by atomic mass is 28.4. The predicted molar refractivity (Wildman–Crippen MR) is 117 cm³/mol. The monoisotopic (exact) mass is 376 g/mol. The minimum Gasteiger partial charge on any atom is -0.417 e. The molecule has 0 saturated carbocycles. The van der Waals surface area contributed by atoms with Crippen LogP contribution in [0.15, 0.2) is 35.9 Å². The summed E-state index contributed by atoms with van der Waals surface area (Å²) in [5.41, 5.74) is 2.53. The average molecular weight is 377 g/mol. The van der Waals surface area contributed by atoms with Gasteiger partial charge in [-0.2, -0.15) is 0 Å². The third-order valence-corrected chi connectivity index (χ3v) is 9.94. The van der Waals surface area contributed by atoms with Crippen LogP contribution in [-0.4, -0.2) is 26.1 Å². The van der Waals surface area contributed by atoms with Gasteiger partial charge in [-0.3, -0.25) is 0 Å². The average Bonchev–Trinajstić information content (AvgIpc) is 2.53. The first kappa shape index (κ1) is 23.1. The summed E-state index contributed by atoms with van der Waals surface area (Å²) in [4.78, 5) is 0. The Morgan fingerprint density at radius 1 is 1.15 bits per heavy atom. The normalized spacial score (nSPS) is 15.8. The van der Waals surface area contributed by atoms with Crippen LogP contribution < -0.4 is 0 Å². The molecule has 0 bridgehead atoms. The van der Waals surface area contributed by atoms with E-state index in [1.54, 1.807) is 0 Å². The molecule has 0 fully saturated rings. The Balaban J connectivity index is 2.77. The van der Waals surface area contributed by atoms with Gasteiger partial charge in [-0.1, -0.05) is 83.0 Å². The minimum absolute atomic E-state index is 0.243. The Hall–Kier alpha value is -0.903. The van der Waals surface area contributed by atoms with Crippen molar-refractivity contribution in [1.82, 2.24) is 0 Å². The van der Waals surface area contributed by atoms with Gasteiger partial charge in [-0.15, -0.1) is 0 Å². The topological polar surface area (TPSA) is 29.5 Å². The minimum atomic E-state index is -1.71. The van der Waals surface area contributed by atoms with Crippen LogP contribution >= 0.6 is 0 Å². The molecule has 2 atom stereocenters. The van der Waals surface area contributed by atoms with E-state index in [2.05, 4.69) is 78.1 Å². The van der Waals surface area contributed by atoms with Crippen LogP contribution in [0.1, 0.15) is 65.9 Å². The first-order valence-corrected chi connectivity index (χ1v) is 13.0. The van der Waals surface area contributed by atoms with Gasteiger partial charge >= 0.3 is 0 Å².